The summed E-state index contributed by atoms with van der Waals surface area (Å²) in [5, 5.41) is 30.4. The van der Waals surface area contributed by atoms with E-state index >= 15 is 0 Å². The number of nitrogens with one attached hydrogen (secondary N) is 4. The number of nitrogens with two attached hydrogens (primary N) is 1. The molecule has 3 rings (SSSR count). The zero-order valence-electron chi connectivity index (χ0n) is 33.3. The Labute approximate surface area is 328 Å². The number of rotatable bonds is 20. The molecule has 0 radical (unpaired) electrons. The predicted octanol–water partition coefficient (Wildman–Crippen LogP) is 3.70. The molecule has 1 aliphatic heterocycles. The summed E-state index contributed by atoms with van der Waals surface area (Å²) < 4.78 is 0. The summed E-state index contributed by atoms with van der Waals surface area (Å²) >= 11 is 0. The lowest BCUT2D eigenvalue weighted by Gasteiger charge is -2.29. The summed E-state index contributed by atoms with van der Waals surface area (Å²) in [6.07, 6.45) is 15.7. The summed E-state index contributed by atoms with van der Waals surface area (Å²) in [5.41, 5.74) is 7.24. The summed E-state index contributed by atoms with van der Waals surface area (Å²) in [5.74, 6) is -2.59. The van der Waals surface area contributed by atoms with Crippen molar-refractivity contribution in [2.75, 3.05) is 33.1 Å². The van der Waals surface area contributed by atoms with Gasteiger partial charge in [0.1, 0.15) is 17.8 Å². The molecule has 4 bridgehead atoms. The van der Waals surface area contributed by atoms with E-state index in [2.05, 4.69) is 35.1 Å². The Morgan fingerprint density at radius 1 is 0.891 bits per heavy atom. The number of phenolic OH excluding ortho intramolecular Hbond substituents is 1. The van der Waals surface area contributed by atoms with Crippen molar-refractivity contribution < 1.29 is 34.1 Å². The second-order valence-corrected chi connectivity index (χ2v) is 14.1. The maximum atomic E-state index is 13.6. The standard InChI is InChI=1S/C37H54BN5O7.C4H11N/c1-3-4-5-6-7-8-9-10-11-12-13-17-32(45)39-24-34(47)43(2)35-28-18-19-31(44)29(22-28)27-16-14-15-26(20-27)21-30(36(48)41-25-38-50)42-33(46)23-40-37(35)49;1-2-3-4-5/h14-16,18-20,22,30,35,38,44,50H,3-13,17,21,23-25H2,1-2H3,(H,39,45)(H,40,49)(H,41,48)(H,42,46);2-5H2,1H3. The van der Waals surface area contributed by atoms with Crippen LogP contribution in [0.15, 0.2) is 42.5 Å². The molecule has 0 spiro atoms. The van der Waals surface area contributed by atoms with Gasteiger partial charge >= 0.3 is 0 Å². The number of hydrogen-bond donors (Lipinski definition) is 7. The van der Waals surface area contributed by atoms with Gasteiger partial charge in [-0.1, -0.05) is 115 Å². The van der Waals surface area contributed by atoms with Crippen LogP contribution in [0, 0.1) is 0 Å². The molecule has 2 aromatic carbocycles. The highest BCUT2D eigenvalue weighted by molar-refractivity contribution is 6.26. The Kier molecular flexibility index (Phi) is 23.1. The number of fused-ring (bicyclic) bond motifs is 5. The third kappa shape index (κ3) is 17.7. The monoisotopic (exact) mass is 765 g/mol. The molecular formula is C41H65BN6O7. The minimum Gasteiger partial charge on any atom is -0.507 e. The number of phenols is 1. The van der Waals surface area contributed by atoms with Crippen LogP contribution in [0.25, 0.3) is 11.1 Å². The SMILES string of the molecule is CCCCCCCCCCCCCC(=O)NCC(=O)N(C)C1C(=O)NCC(=O)NC(C(=O)NCBO)Cc2cccc(c2)-c2cc1ccc2O.CCCCN. The summed E-state index contributed by atoms with van der Waals surface area (Å²) in [7, 11) is 1.17. The summed E-state index contributed by atoms with van der Waals surface area (Å²) in [4.78, 5) is 66.5. The molecule has 1 aliphatic rings. The second-order valence-electron chi connectivity index (χ2n) is 14.1. The highest BCUT2D eigenvalue weighted by Crippen LogP contribution is 2.34. The van der Waals surface area contributed by atoms with Gasteiger partial charge in [-0.25, -0.2) is 0 Å². The molecule has 2 aromatic rings. The average Bonchev–Trinajstić information content (AvgIpc) is 3.18. The minimum atomic E-state index is -1.20. The molecule has 0 aliphatic carbocycles. The number of carbonyl (C=O) groups is 5. The number of aromatic hydroxyl groups is 1. The van der Waals surface area contributed by atoms with Gasteiger partial charge in [-0.3, -0.25) is 24.0 Å². The molecule has 55 heavy (non-hydrogen) atoms. The van der Waals surface area contributed by atoms with Crippen LogP contribution < -0.4 is 27.0 Å². The lowest BCUT2D eigenvalue weighted by molar-refractivity contribution is -0.140. The van der Waals surface area contributed by atoms with E-state index in [1.54, 1.807) is 30.3 Å². The highest BCUT2D eigenvalue weighted by Gasteiger charge is 2.31. The maximum absolute atomic E-state index is 13.6. The molecule has 304 valence electrons. The quantitative estimate of drug-likeness (QED) is 0.0781. The van der Waals surface area contributed by atoms with Gasteiger partial charge in [-0.2, -0.15) is 0 Å². The number of amides is 5. The Balaban J connectivity index is 0.00000196. The second kappa shape index (κ2) is 27.2. The molecule has 2 atom stereocenters. The number of likely N-dealkylation sites (N-methyl/N-ethyl adjacent to an activating group) is 1. The van der Waals surface area contributed by atoms with E-state index in [0.717, 1.165) is 32.2 Å². The minimum absolute atomic E-state index is 0.00446. The van der Waals surface area contributed by atoms with E-state index in [-0.39, 0.29) is 38.5 Å². The molecular weight excluding hydrogens is 699 g/mol. The first-order valence-corrected chi connectivity index (χ1v) is 20.2. The van der Waals surface area contributed by atoms with Gasteiger partial charge in [-0.15, -0.1) is 0 Å². The van der Waals surface area contributed by atoms with Crippen molar-refractivity contribution in [3.63, 3.8) is 0 Å². The van der Waals surface area contributed by atoms with Gasteiger partial charge in [0.2, 0.25) is 29.5 Å². The van der Waals surface area contributed by atoms with Crippen LogP contribution in [0.1, 0.15) is 121 Å². The molecule has 0 aromatic heterocycles. The summed E-state index contributed by atoms with van der Waals surface area (Å²) in [6, 6.07) is 9.48. The highest BCUT2D eigenvalue weighted by atomic mass is 16.3. The zero-order valence-corrected chi connectivity index (χ0v) is 33.3. The number of carbonyl (C=O) groups excluding carboxylic acids is 5. The first kappa shape index (κ1) is 46.7. The topological polar surface area (TPSA) is 203 Å². The number of benzene rings is 2. The molecule has 13 nitrogen and oxygen atoms in total. The van der Waals surface area contributed by atoms with Crippen molar-refractivity contribution in [2.45, 2.75) is 122 Å². The average molecular weight is 765 g/mol. The fraction of sp³-hybridized carbons (Fsp3) is 0.585. The lowest BCUT2D eigenvalue weighted by Crippen LogP contribution is -2.52. The first-order chi connectivity index (χ1) is 26.6. The molecule has 0 saturated carbocycles. The smallest absolute Gasteiger partial charge is 0.290 e. The van der Waals surface area contributed by atoms with Gasteiger partial charge in [0.15, 0.2) is 0 Å². The maximum Gasteiger partial charge on any atom is 0.290 e. The van der Waals surface area contributed by atoms with E-state index in [1.165, 1.54) is 81.9 Å². The Morgan fingerprint density at radius 3 is 2.16 bits per heavy atom. The molecule has 8 N–H and O–H groups in total. The van der Waals surface area contributed by atoms with Crippen LogP contribution in [0.4, 0.5) is 0 Å². The van der Waals surface area contributed by atoms with E-state index in [1.807, 2.05) is 0 Å². The van der Waals surface area contributed by atoms with E-state index in [0.29, 0.717) is 28.7 Å². The van der Waals surface area contributed by atoms with Gasteiger partial charge < -0.3 is 42.0 Å². The van der Waals surface area contributed by atoms with Crippen molar-refractivity contribution in [1.82, 2.24) is 26.2 Å². The van der Waals surface area contributed by atoms with Crippen LogP contribution in [0.5, 0.6) is 5.75 Å². The molecule has 2 unspecified atom stereocenters. The molecule has 0 fully saturated rings. The first-order valence-electron chi connectivity index (χ1n) is 20.2. The van der Waals surface area contributed by atoms with Crippen molar-refractivity contribution in [3.8, 4) is 16.9 Å². The molecule has 1 heterocycles. The van der Waals surface area contributed by atoms with Crippen molar-refractivity contribution >= 4 is 37.0 Å². The summed E-state index contributed by atoms with van der Waals surface area (Å²) in [6.45, 7) is 4.42. The Hall–Kier alpha value is -4.43. The fourth-order valence-corrected chi connectivity index (χ4v) is 6.31. The molecule has 0 saturated heterocycles. The number of nitrogens with zero attached hydrogens (tertiary/aromatic N) is 1. The van der Waals surface area contributed by atoms with Crippen LogP contribution >= 0.6 is 0 Å². The molecule has 14 heteroatoms. The van der Waals surface area contributed by atoms with Gasteiger partial charge in [0.25, 0.3) is 7.48 Å². The van der Waals surface area contributed by atoms with Crippen LogP contribution in [0.3, 0.4) is 0 Å². The third-order valence-corrected chi connectivity index (χ3v) is 9.53. The van der Waals surface area contributed by atoms with Gasteiger partial charge in [0, 0.05) is 31.9 Å². The van der Waals surface area contributed by atoms with E-state index in [4.69, 9.17) is 10.8 Å². The molecule has 5 amide bonds. The van der Waals surface area contributed by atoms with Crippen molar-refractivity contribution in [2.24, 2.45) is 5.73 Å². The zero-order chi connectivity index (χ0) is 40.4. The van der Waals surface area contributed by atoms with Gasteiger partial charge in [-0.05, 0) is 48.2 Å². The Morgan fingerprint density at radius 2 is 1.55 bits per heavy atom. The largest absolute Gasteiger partial charge is 0.507 e. The van der Waals surface area contributed by atoms with E-state index in [9.17, 15) is 29.1 Å². The van der Waals surface area contributed by atoms with Crippen molar-refractivity contribution in [3.05, 3.63) is 53.6 Å². The van der Waals surface area contributed by atoms with Crippen LogP contribution in [-0.4, -0.2) is 91.2 Å². The Bertz CT molecular complexity index is 1490. The normalized spacial score (nSPS) is 15.3. The number of hydrogen-bond acceptors (Lipinski definition) is 8. The van der Waals surface area contributed by atoms with Gasteiger partial charge in [0.05, 0.1) is 13.1 Å². The van der Waals surface area contributed by atoms with E-state index < -0.39 is 42.3 Å². The lowest BCUT2D eigenvalue weighted by atomic mass is 9.94. The fourth-order valence-electron chi connectivity index (χ4n) is 6.31. The predicted molar refractivity (Wildman–Crippen MR) is 218 cm³/mol. The van der Waals surface area contributed by atoms with Crippen molar-refractivity contribution in [1.29, 1.82) is 0 Å². The van der Waals surface area contributed by atoms with Crippen LogP contribution in [0.2, 0.25) is 0 Å². The third-order valence-electron chi connectivity index (χ3n) is 9.53. The number of unbranched alkanes of at least 4 members (excludes halogenated alkanes) is 11. The van der Waals surface area contributed by atoms with Crippen LogP contribution in [-0.2, 0) is 30.4 Å².